The lowest BCUT2D eigenvalue weighted by Crippen LogP contribution is -2.36. The van der Waals surface area contributed by atoms with Crippen molar-refractivity contribution in [3.8, 4) is 5.75 Å². The maximum atomic E-state index is 13.0. The van der Waals surface area contributed by atoms with Gasteiger partial charge in [-0.25, -0.2) is 4.98 Å². The average molecular weight is 434 g/mol. The van der Waals surface area contributed by atoms with Crippen LogP contribution in [0.1, 0.15) is 17.5 Å². The molecule has 0 bridgehead atoms. The molecule has 0 aliphatic heterocycles. The van der Waals surface area contributed by atoms with E-state index in [9.17, 15) is 4.79 Å². The van der Waals surface area contributed by atoms with Gasteiger partial charge in [-0.1, -0.05) is 35.6 Å². The molecule has 0 N–H and O–H groups in total. The van der Waals surface area contributed by atoms with Gasteiger partial charge < -0.3 is 9.64 Å². The van der Waals surface area contributed by atoms with E-state index in [4.69, 9.17) is 9.72 Å². The number of para-hydroxylation sites is 1. The Morgan fingerprint density at radius 2 is 1.83 bits per heavy atom. The van der Waals surface area contributed by atoms with Gasteiger partial charge in [-0.05, 0) is 70.2 Å². The summed E-state index contributed by atoms with van der Waals surface area (Å²) >= 11 is 1.57. The smallest absolute Gasteiger partial charge is 0.266 e. The molecule has 3 aromatic rings. The average Bonchev–Trinajstić information content (AvgIpc) is 3.08. The maximum absolute atomic E-state index is 13.0. The zero-order valence-corrected chi connectivity index (χ0v) is 19.0. The van der Waals surface area contributed by atoms with E-state index in [1.54, 1.807) is 16.2 Å². The standard InChI is InChI=1S/C22H27N3O2S.ClH/c1-16-13-17(2)21-19(14-16)23-22(28-21)25(12-8-11-24(3)4)20(26)15-27-18-9-6-5-7-10-18;/h5-7,9-10,13-14H,8,11-12,15H2,1-4H3;1H. The first-order chi connectivity index (χ1) is 13.4. The van der Waals surface area contributed by atoms with E-state index in [2.05, 4.69) is 30.9 Å². The molecule has 0 fully saturated rings. The molecule has 7 heteroatoms. The number of halogens is 1. The highest BCUT2D eigenvalue weighted by Gasteiger charge is 2.21. The van der Waals surface area contributed by atoms with E-state index in [-0.39, 0.29) is 24.9 Å². The monoisotopic (exact) mass is 433 g/mol. The van der Waals surface area contributed by atoms with Crippen LogP contribution in [0.5, 0.6) is 5.75 Å². The van der Waals surface area contributed by atoms with Crippen LogP contribution in [0, 0.1) is 13.8 Å². The second kappa shape index (κ2) is 10.6. The summed E-state index contributed by atoms with van der Waals surface area (Å²) in [6.07, 6.45) is 0.873. The number of ether oxygens (including phenoxy) is 1. The molecule has 0 aliphatic rings. The Balaban J connectivity index is 0.00000300. The van der Waals surface area contributed by atoms with E-state index in [0.717, 1.165) is 28.3 Å². The summed E-state index contributed by atoms with van der Waals surface area (Å²) in [6.45, 7) is 5.69. The fourth-order valence-electron chi connectivity index (χ4n) is 3.09. The number of carbonyl (C=O) groups excluding carboxylic acids is 1. The van der Waals surface area contributed by atoms with Gasteiger partial charge in [0.2, 0.25) is 0 Å². The van der Waals surface area contributed by atoms with E-state index in [0.29, 0.717) is 12.3 Å². The lowest BCUT2D eigenvalue weighted by molar-refractivity contribution is -0.120. The molecule has 0 aliphatic carbocycles. The Morgan fingerprint density at radius 3 is 2.52 bits per heavy atom. The van der Waals surface area contributed by atoms with Gasteiger partial charge in [-0.15, -0.1) is 12.4 Å². The first kappa shape index (κ1) is 23.1. The Morgan fingerprint density at radius 1 is 1.10 bits per heavy atom. The van der Waals surface area contributed by atoms with Gasteiger partial charge in [0.15, 0.2) is 11.7 Å². The predicted octanol–water partition coefficient (Wildman–Crippen LogP) is 4.70. The first-order valence-corrected chi connectivity index (χ1v) is 10.3. The summed E-state index contributed by atoms with van der Waals surface area (Å²) in [5.41, 5.74) is 3.33. The molecular formula is C22H28ClN3O2S. The van der Waals surface area contributed by atoms with Crippen molar-refractivity contribution in [3.05, 3.63) is 53.6 Å². The molecule has 0 radical (unpaired) electrons. The van der Waals surface area contributed by atoms with E-state index < -0.39 is 0 Å². The Kier molecular flexibility index (Phi) is 8.44. The normalized spacial score (nSPS) is 10.8. The SMILES string of the molecule is Cc1cc(C)c2sc(N(CCCN(C)C)C(=O)COc3ccccc3)nc2c1.Cl. The molecule has 1 amide bonds. The Bertz CT molecular complexity index is 944. The van der Waals surface area contributed by atoms with Gasteiger partial charge in [0.25, 0.3) is 5.91 Å². The van der Waals surface area contributed by atoms with Crippen LogP contribution < -0.4 is 9.64 Å². The maximum Gasteiger partial charge on any atom is 0.266 e. The van der Waals surface area contributed by atoms with Crippen LogP contribution in [0.15, 0.2) is 42.5 Å². The number of anilines is 1. The number of rotatable bonds is 8. The van der Waals surface area contributed by atoms with Gasteiger partial charge in [0, 0.05) is 6.54 Å². The van der Waals surface area contributed by atoms with Gasteiger partial charge in [0.05, 0.1) is 10.2 Å². The summed E-state index contributed by atoms with van der Waals surface area (Å²) in [6, 6.07) is 13.7. The van der Waals surface area contributed by atoms with Crippen LogP contribution in [-0.4, -0.2) is 49.6 Å². The van der Waals surface area contributed by atoms with Crippen LogP contribution in [0.25, 0.3) is 10.2 Å². The lowest BCUT2D eigenvalue weighted by atomic mass is 10.1. The summed E-state index contributed by atoms with van der Waals surface area (Å²) in [7, 11) is 4.07. The minimum Gasteiger partial charge on any atom is -0.484 e. The molecule has 156 valence electrons. The molecule has 2 aromatic carbocycles. The first-order valence-electron chi connectivity index (χ1n) is 9.45. The second-order valence-electron chi connectivity index (χ2n) is 7.23. The van der Waals surface area contributed by atoms with Crippen molar-refractivity contribution < 1.29 is 9.53 Å². The van der Waals surface area contributed by atoms with Gasteiger partial charge in [0.1, 0.15) is 5.75 Å². The largest absolute Gasteiger partial charge is 0.484 e. The second-order valence-corrected chi connectivity index (χ2v) is 8.21. The highest BCUT2D eigenvalue weighted by Crippen LogP contribution is 2.32. The van der Waals surface area contributed by atoms with E-state index in [1.165, 1.54) is 11.1 Å². The van der Waals surface area contributed by atoms with Crippen molar-refractivity contribution in [1.29, 1.82) is 0 Å². The number of fused-ring (bicyclic) bond motifs is 1. The number of thiazole rings is 1. The molecule has 0 atom stereocenters. The van der Waals surface area contributed by atoms with Crippen molar-refractivity contribution in [2.24, 2.45) is 0 Å². The number of carbonyl (C=O) groups is 1. The molecule has 5 nitrogen and oxygen atoms in total. The fourth-order valence-corrected chi connectivity index (χ4v) is 4.15. The molecule has 3 rings (SSSR count). The van der Waals surface area contributed by atoms with Crippen molar-refractivity contribution in [3.63, 3.8) is 0 Å². The van der Waals surface area contributed by atoms with E-state index >= 15 is 0 Å². The van der Waals surface area contributed by atoms with Crippen molar-refractivity contribution in [2.75, 3.05) is 38.7 Å². The number of hydrogen-bond acceptors (Lipinski definition) is 5. The van der Waals surface area contributed by atoms with E-state index in [1.807, 2.05) is 44.4 Å². The quantitative estimate of drug-likeness (QED) is 0.516. The summed E-state index contributed by atoms with van der Waals surface area (Å²) in [5, 5.41) is 0.740. The highest BCUT2D eigenvalue weighted by molar-refractivity contribution is 7.22. The predicted molar refractivity (Wildman–Crippen MR) is 124 cm³/mol. The van der Waals surface area contributed by atoms with Gasteiger partial charge in [-0.2, -0.15) is 0 Å². The highest BCUT2D eigenvalue weighted by atomic mass is 35.5. The number of nitrogens with zero attached hydrogens (tertiary/aromatic N) is 3. The lowest BCUT2D eigenvalue weighted by Gasteiger charge is -2.21. The van der Waals surface area contributed by atoms with Gasteiger partial charge in [-0.3, -0.25) is 9.69 Å². The molecule has 1 heterocycles. The van der Waals surface area contributed by atoms with Gasteiger partial charge >= 0.3 is 0 Å². The minimum absolute atomic E-state index is 0. The van der Waals surface area contributed by atoms with Crippen molar-refractivity contribution >= 4 is 45.0 Å². The molecule has 0 saturated carbocycles. The van der Waals surface area contributed by atoms with Crippen LogP contribution in [-0.2, 0) is 4.79 Å². The summed E-state index contributed by atoms with van der Waals surface area (Å²) in [4.78, 5) is 21.6. The number of amides is 1. The summed E-state index contributed by atoms with van der Waals surface area (Å²) < 4.78 is 6.82. The molecule has 0 unspecified atom stereocenters. The molecule has 0 saturated heterocycles. The van der Waals surface area contributed by atoms with Crippen molar-refractivity contribution in [1.82, 2.24) is 9.88 Å². The molecule has 29 heavy (non-hydrogen) atoms. The number of hydrogen-bond donors (Lipinski definition) is 0. The summed E-state index contributed by atoms with van der Waals surface area (Å²) in [5.74, 6) is 0.621. The molecular weight excluding hydrogens is 406 g/mol. The fraction of sp³-hybridized carbons (Fsp3) is 0.364. The van der Waals surface area contributed by atoms with Crippen LogP contribution in [0.2, 0.25) is 0 Å². The zero-order chi connectivity index (χ0) is 20.1. The third kappa shape index (κ3) is 6.16. The number of aryl methyl sites for hydroxylation is 2. The topological polar surface area (TPSA) is 45.7 Å². The van der Waals surface area contributed by atoms with Crippen LogP contribution in [0.4, 0.5) is 5.13 Å². The third-order valence-electron chi connectivity index (χ3n) is 4.43. The Hall–Kier alpha value is -2.15. The van der Waals surface area contributed by atoms with Crippen molar-refractivity contribution in [2.45, 2.75) is 20.3 Å². The zero-order valence-electron chi connectivity index (χ0n) is 17.3. The molecule has 0 spiro atoms. The number of aromatic nitrogens is 1. The molecule has 1 aromatic heterocycles. The third-order valence-corrected chi connectivity index (χ3v) is 5.66. The number of benzene rings is 2. The Labute approximate surface area is 182 Å². The van der Waals surface area contributed by atoms with Crippen LogP contribution >= 0.6 is 23.7 Å². The van der Waals surface area contributed by atoms with Crippen LogP contribution in [0.3, 0.4) is 0 Å². The minimum atomic E-state index is -0.0731.